The summed E-state index contributed by atoms with van der Waals surface area (Å²) < 4.78 is 0. The van der Waals surface area contributed by atoms with Crippen molar-refractivity contribution < 1.29 is 19.7 Å². The molecule has 3 N–H and O–H groups in total. The van der Waals surface area contributed by atoms with E-state index in [1.54, 1.807) is 0 Å². The van der Waals surface area contributed by atoms with Crippen LogP contribution in [0.2, 0.25) is 0 Å². The van der Waals surface area contributed by atoms with Gasteiger partial charge in [0.05, 0.1) is 0 Å². The molecule has 0 atom stereocenters. The molecular weight excluding hydrogens is 90.0 g/mol. The van der Waals surface area contributed by atoms with Gasteiger partial charge in [-0.05, 0) is 0 Å². The van der Waals surface area contributed by atoms with Gasteiger partial charge in [-0.3, -0.25) is 0 Å². The highest BCUT2D eigenvalue weighted by atomic mass is 17.5. The van der Waals surface area contributed by atoms with E-state index in [9.17, 15) is 0 Å². The summed E-state index contributed by atoms with van der Waals surface area (Å²) in [6.07, 6.45) is -1.93. The highest BCUT2D eigenvalue weighted by Crippen LogP contribution is 2.23. The second-order valence-corrected chi connectivity index (χ2v) is 0.808. The predicted octanol–water partition coefficient (Wildman–Crippen LogP) is -1.56. The first-order valence-electron chi connectivity index (χ1n) is 1.24. The van der Waals surface area contributed by atoms with Crippen LogP contribution in [0.3, 0.4) is 0 Å². The molecule has 0 bridgehead atoms. The lowest BCUT2D eigenvalue weighted by atomic mass is 11.2. The fourth-order valence-electron chi connectivity index (χ4n) is 0.0749. The first-order chi connectivity index (χ1) is 2.77. The van der Waals surface area contributed by atoms with Crippen LogP contribution in [0.5, 0.6) is 0 Å². The van der Waals surface area contributed by atoms with Crippen molar-refractivity contribution >= 4 is 0 Å². The molecule has 36 valence electrons. The molecule has 1 fully saturated rings. The fourth-order valence-corrected chi connectivity index (χ4v) is 0.0749. The van der Waals surface area contributed by atoms with E-state index in [2.05, 4.69) is 20.5 Å². The molecule has 1 aliphatic rings. The molecule has 0 radical (unpaired) electrons. The van der Waals surface area contributed by atoms with Gasteiger partial charge in [0.25, 0.3) is 0 Å². The van der Waals surface area contributed by atoms with Gasteiger partial charge in [-0.2, -0.15) is 0 Å². The van der Waals surface area contributed by atoms with Gasteiger partial charge in [-0.25, -0.2) is 10.7 Å². The molecule has 1 rings (SSSR count). The summed E-state index contributed by atoms with van der Waals surface area (Å²) in [5, 5.41) is 8.15. The molecule has 0 saturated carbocycles. The second-order valence-electron chi connectivity index (χ2n) is 0.808. The largest absolute Gasteiger partial charge is 0.480 e. The normalized spacial score (nSPS) is 27.0. The van der Waals surface area contributed by atoms with Crippen LogP contribution in [0.1, 0.15) is 0 Å². The van der Waals surface area contributed by atoms with Crippen LogP contribution in [0.15, 0.2) is 0 Å². The van der Waals surface area contributed by atoms with Crippen LogP contribution in [0, 0.1) is 0 Å². The SMILES string of the molecule is NOC1(O)OO1. The maximum Gasteiger partial charge on any atom is 0.480 e. The topological polar surface area (TPSA) is 80.5 Å². The van der Waals surface area contributed by atoms with Crippen LogP contribution in [0.4, 0.5) is 0 Å². The van der Waals surface area contributed by atoms with E-state index in [0.29, 0.717) is 0 Å². The molecule has 0 aromatic carbocycles. The molecule has 0 amide bonds. The molecule has 0 spiro atoms. The second kappa shape index (κ2) is 0.895. The van der Waals surface area contributed by atoms with Crippen molar-refractivity contribution in [3.05, 3.63) is 0 Å². The fraction of sp³-hybridized carbons (Fsp3) is 1.00. The summed E-state index contributed by atoms with van der Waals surface area (Å²) in [5.74, 6) is 4.37. The van der Waals surface area contributed by atoms with Gasteiger partial charge in [0, 0.05) is 0 Å². The average molecular weight is 93.0 g/mol. The highest BCUT2D eigenvalue weighted by Gasteiger charge is 2.49. The van der Waals surface area contributed by atoms with E-state index < -0.39 is 6.16 Å². The van der Waals surface area contributed by atoms with Gasteiger partial charge in [-0.1, -0.05) is 0 Å². The molecule has 1 aliphatic heterocycles. The Morgan fingerprint density at radius 3 is 2.17 bits per heavy atom. The van der Waals surface area contributed by atoms with Gasteiger partial charge in [-0.15, -0.1) is 9.78 Å². The van der Waals surface area contributed by atoms with Gasteiger partial charge in [0.2, 0.25) is 0 Å². The Morgan fingerprint density at radius 1 is 1.67 bits per heavy atom. The molecule has 6 heavy (non-hydrogen) atoms. The molecular formula is CH3NO4. The van der Waals surface area contributed by atoms with Crippen molar-refractivity contribution in [1.82, 2.24) is 0 Å². The van der Waals surface area contributed by atoms with E-state index in [4.69, 9.17) is 5.11 Å². The van der Waals surface area contributed by atoms with Gasteiger partial charge >= 0.3 is 6.16 Å². The average Bonchev–Trinajstić information content (AvgIpc) is 2.22. The Morgan fingerprint density at radius 2 is 2.17 bits per heavy atom. The monoisotopic (exact) mass is 93.0 g/mol. The minimum absolute atomic E-state index is 1.93. The van der Waals surface area contributed by atoms with Crippen LogP contribution in [0.25, 0.3) is 0 Å². The van der Waals surface area contributed by atoms with Gasteiger partial charge < -0.3 is 5.11 Å². The number of hydrogen-bond donors (Lipinski definition) is 2. The van der Waals surface area contributed by atoms with E-state index in [1.165, 1.54) is 0 Å². The molecule has 0 aliphatic carbocycles. The summed E-state index contributed by atoms with van der Waals surface area (Å²) in [4.78, 5) is 11.2. The molecule has 1 saturated heterocycles. The molecule has 0 aromatic rings. The summed E-state index contributed by atoms with van der Waals surface area (Å²) in [6, 6.07) is 0. The number of hydrogen-bond acceptors (Lipinski definition) is 5. The molecule has 0 unspecified atom stereocenters. The lowest BCUT2D eigenvalue weighted by molar-refractivity contribution is -0.214. The number of nitrogens with two attached hydrogens (primary N) is 1. The first-order valence-corrected chi connectivity index (χ1v) is 1.24. The lowest BCUT2D eigenvalue weighted by Crippen LogP contribution is -2.18. The Labute approximate surface area is 33.1 Å². The van der Waals surface area contributed by atoms with E-state index in [1.807, 2.05) is 0 Å². The zero-order chi connectivity index (χ0) is 4.62. The van der Waals surface area contributed by atoms with Gasteiger partial charge in [0.15, 0.2) is 0 Å². The maximum absolute atomic E-state index is 8.15. The van der Waals surface area contributed by atoms with Gasteiger partial charge in [0.1, 0.15) is 0 Å². The van der Waals surface area contributed by atoms with Crippen molar-refractivity contribution in [1.29, 1.82) is 0 Å². The van der Waals surface area contributed by atoms with Crippen molar-refractivity contribution in [3.63, 3.8) is 0 Å². The van der Waals surface area contributed by atoms with Crippen LogP contribution in [-0.2, 0) is 14.6 Å². The third-order valence-electron chi connectivity index (χ3n) is 0.375. The standard InChI is InChI=1S/CH3NO4/c2-4-1(3)5-6-1/h3H,2H2. The van der Waals surface area contributed by atoms with Crippen molar-refractivity contribution in [2.45, 2.75) is 6.16 Å². The minimum atomic E-state index is -1.93. The summed E-state index contributed by atoms with van der Waals surface area (Å²) in [7, 11) is 0. The van der Waals surface area contributed by atoms with Crippen molar-refractivity contribution in [2.24, 2.45) is 5.90 Å². The van der Waals surface area contributed by atoms with E-state index in [-0.39, 0.29) is 0 Å². The molecule has 0 aromatic heterocycles. The quantitative estimate of drug-likeness (QED) is 0.177. The third-order valence-corrected chi connectivity index (χ3v) is 0.375. The Bertz CT molecular complexity index is 58.6. The zero-order valence-corrected chi connectivity index (χ0v) is 2.75. The minimum Gasteiger partial charge on any atom is -0.314 e. The molecule has 5 nitrogen and oxygen atoms in total. The Balaban J connectivity index is 2.28. The van der Waals surface area contributed by atoms with Crippen LogP contribution < -0.4 is 5.90 Å². The lowest BCUT2D eigenvalue weighted by Gasteiger charge is -1.86. The molecule has 1 heterocycles. The molecule has 5 heteroatoms. The Hall–Kier alpha value is -0.200. The zero-order valence-electron chi connectivity index (χ0n) is 2.75. The Kier molecular flexibility index (Phi) is 0.593. The van der Waals surface area contributed by atoms with Crippen molar-refractivity contribution in [3.8, 4) is 0 Å². The highest BCUT2D eigenvalue weighted by molar-refractivity contribution is 4.29. The third kappa shape index (κ3) is 0.490. The van der Waals surface area contributed by atoms with Crippen LogP contribution >= 0.6 is 0 Å². The van der Waals surface area contributed by atoms with Crippen molar-refractivity contribution in [2.75, 3.05) is 0 Å². The van der Waals surface area contributed by atoms with Crippen LogP contribution in [-0.4, -0.2) is 11.3 Å². The summed E-state index contributed by atoms with van der Waals surface area (Å²) in [5.41, 5.74) is 0. The maximum atomic E-state index is 8.15. The van der Waals surface area contributed by atoms with E-state index >= 15 is 0 Å². The smallest absolute Gasteiger partial charge is 0.314 e. The van der Waals surface area contributed by atoms with E-state index in [0.717, 1.165) is 0 Å². The predicted molar refractivity (Wildman–Crippen MR) is 12.4 cm³/mol. The summed E-state index contributed by atoms with van der Waals surface area (Å²) >= 11 is 0. The number of rotatable bonds is 1. The number of aliphatic hydroxyl groups is 1. The first kappa shape index (κ1) is 3.97. The summed E-state index contributed by atoms with van der Waals surface area (Å²) in [6.45, 7) is 0.